The number of carbonyl (C=O) groups is 1. The first-order valence-corrected chi connectivity index (χ1v) is 10.2. The van der Waals surface area contributed by atoms with E-state index in [0.29, 0.717) is 18.9 Å². The van der Waals surface area contributed by atoms with Gasteiger partial charge in [-0.2, -0.15) is 0 Å². The van der Waals surface area contributed by atoms with E-state index in [4.69, 9.17) is 15.2 Å². The van der Waals surface area contributed by atoms with Gasteiger partial charge in [-0.15, -0.1) is 0 Å². The van der Waals surface area contributed by atoms with Crippen molar-refractivity contribution in [3.63, 3.8) is 0 Å². The molecule has 2 aromatic rings. The van der Waals surface area contributed by atoms with Crippen LogP contribution in [-0.2, 0) is 17.8 Å². The second kappa shape index (κ2) is 12.4. The van der Waals surface area contributed by atoms with Gasteiger partial charge in [-0.25, -0.2) is 0 Å². The maximum atomic E-state index is 10.8. The molecule has 0 radical (unpaired) electrons. The fraction of sp³-hybridized carbons (Fsp3) is 0.391. The molecule has 0 aromatic heterocycles. The Balaban J connectivity index is 1.81. The Morgan fingerprint density at radius 1 is 1.10 bits per heavy atom. The minimum absolute atomic E-state index is 0.116. The van der Waals surface area contributed by atoms with Gasteiger partial charge in [0.15, 0.2) is 12.6 Å². The fourth-order valence-corrected chi connectivity index (χ4v) is 2.79. The highest BCUT2D eigenvalue weighted by atomic mass is 16.5. The average Bonchev–Trinajstić information content (AvgIpc) is 2.74. The molecular weight excluding hydrogens is 380 g/mol. The largest absolute Gasteiger partial charge is 0.493 e. The minimum Gasteiger partial charge on any atom is -0.493 e. The molecule has 30 heavy (non-hydrogen) atoms. The monoisotopic (exact) mass is 412 g/mol. The van der Waals surface area contributed by atoms with Crippen LogP contribution in [0.15, 0.2) is 47.5 Å². The van der Waals surface area contributed by atoms with Gasteiger partial charge >= 0.3 is 0 Å². The van der Waals surface area contributed by atoms with E-state index >= 15 is 0 Å². The van der Waals surface area contributed by atoms with Crippen molar-refractivity contribution >= 4 is 11.9 Å². The van der Waals surface area contributed by atoms with Gasteiger partial charge in [0.2, 0.25) is 0 Å². The van der Waals surface area contributed by atoms with Crippen molar-refractivity contribution < 1.29 is 14.3 Å². The number of aliphatic imine (C=N–C) groups is 1. The maximum absolute atomic E-state index is 10.8. The molecule has 0 unspecified atom stereocenters. The van der Waals surface area contributed by atoms with Gasteiger partial charge in [0.05, 0.1) is 6.61 Å². The third-order valence-electron chi connectivity index (χ3n) is 4.36. The highest BCUT2D eigenvalue weighted by molar-refractivity contribution is 5.79. The number of guanidine groups is 1. The van der Waals surface area contributed by atoms with Crippen LogP contribution in [0.25, 0.3) is 0 Å². The van der Waals surface area contributed by atoms with Gasteiger partial charge < -0.3 is 25.8 Å². The van der Waals surface area contributed by atoms with Crippen LogP contribution in [-0.4, -0.2) is 38.7 Å². The van der Waals surface area contributed by atoms with E-state index in [2.05, 4.69) is 47.7 Å². The van der Waals surface area contributed by atoms with Crippen LogP contribution >= 0.6 is 0 Å². The number of hydrogen-bond donors (Lipinski definition) is 3. The molecular formula is C23H32N4O3. The molecule has 0 saturated carbocycles. The Bertz CT molecular complexity index is 835. The smallest absolute Gasteiger partial charge is 0.255 e. The predicted octanol–water partition coefficient (Wildman–Crippen LogP) is 2.56. The lowest BCUT2D eigenvalue weighted by Crippen LogP contribution is -2.37. The van der Waals surface area contributed by atoms with Gasteiger partial charge in [-0.05, 0) is 49.1 Å². The first kappa shape index (κ1) is 23.1. The normalized spacial score (nSPS) is 11.1. The average molecular weight is 413 g/mol. The second-order valence-corrected chi connectivity index (χ2v) is 6.96. The van der Waals surface area contributed by atoms with Gasteiger partial charge in [0.1, 0.15) is 11.5 Å². The lowest BCUT2D eigenvalue weighted by atomic mass is 10.1. The van der Waals surface area contributed by atoms with Gasteiger partial charge in [0, 0.05) is 25.7 Å². The van der Waals surface area contributed by atoms with Crippen molar-refractivity contribution in [2.24, 2.45) is 10.7 Å². The Hall–Kier alpha value is -3.22. The number of benzene rings is 2. The predicted molar refractivity (Wildman–Crippen MR) is 120 cm³/mol. The summed E-state index contributed by atoms with van der Waals surface area (Å²) in [6.07, 6.45) is 1.80. The molecule has 7 heteroatoms. The molecule has 0 aliphatic rings. The highest BCUT2D eigenvalue weighted by Gasteiger charge is 2.06. The fourth-order valence-electron chi connectivity index (χ4n) is 2.79. The number of aryl methyl sites for hydroxylation is 1. The van der Waals surface area contributed by atoms with Gasteiger partial charge in [0.25, 0.3) is 5.91 Å². The zero-order chi connectivity index (χ0) is 21.8. The number of ether oxygens (including phenoxy) is 2. The molecule has 0 aliphatic heterocycles. The van der Waals surface area contributed by atoms with Crippen LogP contribution in [0.2, 0.25) is 0 Å². The summed E-state index contributed by atoms with van der Waals surface area (Å²) in [6.45, 7) is 6.11. The van der Waals surface area contributed by atoms with Crippen molar-refractivity contribution in [2.75, 3.05) is 26.8 Å². The zero-order valence-corrected chi connectivity index (χ0v) is 18.0. The summed E-state index contributed by atoms with van der Waals surface area (Å²) in [4.78, 5) is 15.1. The van der Waals surface area contributed by atoms with Crippen LogP contribution in [0.3, 0.4) is 0 Å². The van der Waals surface area contributed by atoms with E-state index in [9.17, 15) is 4.79 Å². The second-order valence-electron chi connectivity index (χ2n) is 6.96. The Labute approximate surface area is 178 Å². The van der Waals surface area contributed by atoms with Crippen molar-refractivity contribution in [1.29, 1.82) is 0 Å². The third-order valence-corrected chi connectivity index (χ3v) is 4.36. The molecule has 0 aliphatic carbocycles. The molecule has 0 spiro atoms. The number of amides is 1. The summed E-state index contributed by atoms with van der Waals surface area (Å²) in [7, 11) is 1.75. The van der Waals surface area contributed by atoms with Gasteiger partial charge in [-0.3, -0.25) is 9.79 Å². The summed E-state index contributed by atoms with van der Waals surface area (Å²) in [5.41, 5.74) is 8.51. The molecule has 2 aromatic carbocycles. The Kier molecular flexibility index (Phi) is 9.51. The van der Waals surface area contributed by atoms with Crippen LogP contribution in [0.1, 0.15) is 30.0 Å². The first-order chi connectivity index (χ1) is 14.5. The Morgan fingerprint density at radius 3 is 2.53 bits per heavy atom. The summed E-state index contributed by atoms with van der Waals surface area (Å²) in [5.74, 6) is 1.79. The van der Waals surface area contributed by atoms with E-state index in [-0.39, 0.29) is 6.61 Å². The van der Waals surface area contributed by atoms with Crippen LogP contribution in [0.4, 0.5) is 0 Å². The SMILES string of the molecule is CCCOc1cc(C)ccc1CNC(=NC)NCCc1ccc(OCC(N)=O)cc1. The van der Waals surface area contributed by atoms with Crippen molar-refractivity contribution in [2.45, 2.75) is 33.2 Å². The van der Waals surface area contributed by atoms with E-state index in [1.54, 1.807) is 7.05 Å². The highest BCUT2D eigenvalue weighted by Crippen LogP contribution is 2.20. The summed E-state index contributed by atoms with van der Waals surface area (Å²) in [6, 6.07) is 13.8. The van der Waals surface area contributed by atoms with Crippen molar-refractivity contribution in [1.82, 2.24) is 10.6 Å². The number of primary amides is 1. The number of nitrogens with two attached hydrogens (primary N) is 1. The molecule has 0 atom stereocenters. The summed E-state index contributed by atoms with van der Waals surface area (Å²) < 4.78 is 11.1. The number of carbonyl (C=O) groups excluding carboxylic acids is 1. The Morgan fingerprint density at radius 2 is 1.87 bits per heavy atom. The first-order valence-electron chi connectivity index (χ1n) is 10.2. The molecule has 0 heterocycles. The van der Waals surface area contributed by atoms with E-state index < -0.39 is 5.91 Å². The molecule has 0 fully saturated rings. The van der Waals surface area contributed by atoms with E-state index in [1.807, 2.05) is 24.3 Å². The van der Waals surface area contributed by atoms with Crippen molar-refractivity contribution in [3.8, 4) is 11.5 Å². The maximum Gasteiger partial charge on any atom is 0.255 e. The van der Waals surface area contributed by atoms with Gasteiger partial charge in [-0.1, -0.05) is 31.2 Å². The molecule has 162 valence electrons. The molecule has 0 bridgehead atoms. The van der Waals surface area contributed by atoms with Crippen molar-refractivity contribution in [3.05, 3.63) is 59.2 Å². The summed E-state index contributed by atoms with van der Waals surface area (Å²) >= 11 is 0. The van der Waals surface area contributed by atoms with E-state index in [1.165, 1.54) is 5.56 Å². The lowest BCUT2D eigenvalue weighted by molar-refractivity contribution is -0.119. The quantitative estimate of drug-likeness (QED) is 0.389. The molecule has 4 N–H and O–H groups in total. The number of hydrogen-bond acceptors (Lipinski definition) is 4. The standard InChI is InChI=1S/C23H32N4O3/c1-4-13-29-21-14-17(2)5-8-19(21)15-27-23(25-3)26-12-11-18-6-9-20(10-7-18)30-16-22(24)28/h5-10,14H,4,11-13,15-16H2,1-3H3,(H2,24,28)(H2,25,26,27). The topological polar surface area (TPSA) is 98.0 Å². The zero-order valence-electron chi connectivity index (χ0n) is 18.0. The molecule has 7 nitrogen and oxygen atoms in total. The van der Waals surface area contributed by atoms with Crippen LogP contribution < -0.4 is 25.8 Å². The minimum atomic E-state index is -0.489. The molecule has 2 rings (SSSR count). The number of nitrogens with zero attached hydrogens (tertiary/aromatic N) is 1. The number of nitrogens with one attached hydrogen (secondary N) is 2. The molecule has 0 saturated heterocycles. The van der Waals surface area contributed by atoms with Crippen LogP contribution in [0, 0.1) is 6.92 Å². The molecule has 1 amide bonds. The summed E-state index contributed by atoms with van der Waals surface area (Å²) in [5, 5.41) is 6.66. The van der Waals surface area contributed by atoms with E-state index in [0.717, 1.165) is 42.2 Å². The van der Waals surface area contributed by atoms with Crippen LogP contribution in [0.5, 0.6) is 11.5 Å². The lowest BCUT2D eigenvalue weighted by Gasteiger charge is -2.15. The third kappa shape index (κ3) is 8.03. The number of rotatable bonds is 11.